The van der Waals surface area contributed by atoms with Crippen LogP contribution in [0.15, 0.2) is 11.6 Å². The Morgan fingerprint density at radius 1 is 1.33 bits per heavy atom. The molecule has 0 spiro atoms. The van der Waals surface area contributed by atoms with Gasteiger partial charge >= 0.3 is 0 Å². The van der Waals surface area contributed by atoms with E-state index in [2.05, 4.69) is 33.8 Å². The fourth-order valence-corrected chi connectivity index (χ4v) is 3.49. The lowest BCUT2D eigenvalue weighted by molar-refractivity contribution is -0.121. The van der Waals surface area contributed by atoms with Gasteiger partial charge in [0.15, 0.2) is 0 Å². The van der Waals surface area contributed by atoms with Crippen LogP contribution < -0.4 is 0 Å². The molecule has 2 aliphatic carbocycles. The Bertz CT molecular complexity index is 324. The molecular weight excluding hydrogens is 184 g/mol. The maximum atomic E-state index is 11.6. The summed E-state index contributed by atoms with van der Waals surface area (Å²) >= 11 is 0. The average Bonchev–Trinajstić information content (AvgIpc) is 2.11. The molecule has 1 nitrogen and oxygen atoms in total. The van der Waals surface area contributed by atoms with E-state index in [0.717, 1.165) is 12.3 Å². The molecule has 2 atom stereocenters. The maximum Gasteiger partial charge on any atom is 0.137 e. The number of carbonyl (C=O) groups excluding carboxylic acids is 1. The zero-order valence-corrected chi connectivity index (χ0v) is 10.4. The van der Waals surface area contributed by atoms with Crippen LogP contribution in [0.3, 0.4) is 0 Å². The first-order valence-electron chi connectivity index (χ1n) is 6.09. The van der Waals surface area contributed by atoms with Gasteiger partial charge in [0.2, 0.25) is 0 Å². The van der Waals surface area contributed by atoms with Crippen molar-refractivity contribution >= 4 is 5.78 Å². The van der Waals surface area contributed by atoms with Crippen molar-refractivity contribution < 1.29 is 4.79 Å². The lowest BCUT2D eigenvalue weighted by atomic mass is 9.53. The highest BCUT2D eigenvalue weighted by molar-refractivity contribution is 5.82. The normalized spacial score (nSPS) is 39.6. The molecule has 0 radical (unpaired) electrons. The second-order valence-electron chi connectivity index (χ2n) is 6.26. The third-order valence-corrected chi connectivity index (χ3v) is 4.83. The molecule has 0 heterocycles. The number of carbonyl (C=O) groups is 1. The number of allylic oxidation sites excluding steroid dienone is 2. The number of Topliss-reactive ketones (excluding diaryl/α,β-unsaturated/α-hetero) is 1. The quantitative estimate of drug-likeness (QED) is 0.552. The highest BCUT2D eigenvalue weighted by atomic mass is 16.1. The summed E-state index contributed by atoms with van der Waals surface area (Å²) in [4.78, 5) is 11.6. The van der Waals surface area contributed by atoms with Crippen LogP contribution in [0.25, 0.3) is 0 Å². The van der Waals surface area contributed by atoms with Gasteiger partial charge in [-0.3, -0.25) is 4.79 Å². The Morgan fingerprint density at radius 2 is 2.00 bits per heavy atom. The van der Waals surface area contributed by atoms with E-state index < -0.39 is 0 Å². The van der Waals surface area contributed by atoms with Crippen molar-refractivity contribution in [3.8, 4) is 0 Å². The molecule has 0 saturated heterocycles. The molecule has 2 aliphatic rings. The standard InChI is InChI=1S/C14H22O/c1-10-7-8-14(4)9-11(15)5-6-12(14)13(10,2)3/h6,10H,5,7-9H2,1-4H3. The van der Waals surface area contributed by atoms with Gasteiger partial charge in [-0.15, -0.1) is 0 Å². The SMILES string of the molecule is CC1CCC2(C)CC(=O)CC=C2C1(C)C. The Balaban J connectivity index is 2.42. The number of rotatable bonds is 0. The average molecular weight is 206 g/mol. The van der Waals surface area contributed by atoms with Gasteiger partial charge in [-0.2, -0.15) is 0 Å². The minimum Gasteiger partial charge on any atom is -0.299 e. The molecule has 0 N–H and O–H groups in total. The topological polar surface area (TPSA) is 17.1 Å². The van der Waals surface area contributed by atoms with Crippen molar-refractivity contribution in [3.63, 3.8) is 0 Å². The minimum atomic E-state index is 0.172. The second-order valence-corrected chi connectivity index (χ2v) is 6.26. The summed E-state index contributed by atoms with van der Waals surface area (Å²) in [6.45, 7) is 9.31. The second kappa shape index (κ2) is 3.20. The Hall–Kier alpha value is -0.590. The maximum absolute atomic E-state index is 11.6. The largest absolute Gasteiger partial charge is 0.299 e. The van der Waals surface area contributed by atoms with Crippen molar-refractivity contribution in [2.24, 2.45) is 16.7 Å². The molecule has 0 bridgehead atoms. The lowest BCUT2D eigenvalue weighted by Gasteiger charge is -2.51. The molecule has 2 rings (SSSR count). The molecule has 0 aromatic heterocycles. The van der Waals surface area contributed by atoms with Crippen molar-refractivity contribution in [2.45, 2.75) is 53.4 Å². The van der Waals surface area contributed by atoms with Crippen molar-refractivity contribution in [3.05, 3.63) is 11.6 Å². The number of fused-ring (bicyclic) bond motifs is 1. The zero-order chi connectivity index (χ0) is 11.3. The van der Waals surface area contributed by atoms with Gasteiger partial charge < -0.3 is 0 Å². The monoisotopic (exact) mass is 206 g/mol. The summed E-state index contributed by atoms with van der Waals surface area (Å²) in [6, 6.07) is 0. The van der Waals surface area contributed by atoms with Crippen molar-refractivity contribution in [2.75, 3.05) is 0 Å². The summed E-state index contributed by atoms with van der Waals surface area (Å²) in [5.41, 5.74) is 2.01. The first kappa shape index (κ1) is 10.9. The van der Waals surface area contributed by atoms with Crippen LogP contribution in [0, 0.1) is 16.7 Å². The number of hydrogen-bond acceptors (Lipinski definition) is 1. The van der Waals surface area contributed by atoms with Crippen LogP contribution in [0.5, 0.6) is 0 Å². The predicted octanol–water partition coefficient (Wildman–Crippen LogP) is 3.74. The van der Waals surface area contributed by atoms with E-state index in [4.69, 9.17) is 0 Å². The highest BCUT2D eigenvalue weighted by Gasteiger charge is 2.47. The van der Waals surface area contributed by atoms with Crippen LogP contribution in [-0.2, 0) is 4.79 Å². The first-order chi connectivity index (χ1) is 6.86. The van der Waals surface area contributed by atoms with Gasteiger partial charge in [0.25, 0.3) is 0 Å². The predicted molar refractivity (Wildman–Crippen MR) is 62.6 cm³/mol. The van der Waals surface area contributed by atoms with Crippen LogP contribution in [-0.4, -0.2) is 5.78 Å². The summed E-state index contributed by atoms with van der Waals surface area (Å²) in [5.74, 6) is 1.16. The van der Waals surface area contributed by atoms with Gasteiger partial charge in [0.1, 0.15) is 5.78 Å². The van der Waals surface area contributed by atoms with Gasteiger partial charge in [0.05, 0.1) is 0 Å². The van der Waals surface area contributed by atoms with E-state index >= 15 is 0 Å². The highest BCUT2D eigenvalue weighted by Crippen LogP contribution is 2.56. The first-order valence-corrected chi connectivity index (χ1v) is 6.09. The molecule has 1 heteroatoms. The number of hydrogen-bond donors (Lipinski definition) is 0. The van der Waals surface area contributed by atoms with Gasteiger partial charge in [-0.1, -0.05) is 39.3 Å². The summed E-state index contributed by atoms with van der Waals surface area (Å²) in [6.07, 6.45) is 6.11. The van der Waals surface area contributed by atoms with E-state index in [1.807, 2.05) is 0 Å². The molecule has 1 fully saturated rings. The summed E-state index contributed by atoms with van der Waals surface area (Å²) < 4.78 is 0. The summed E-state index contributed by atoms with van der Waals surface area (Å²) in [5, 5.41) is 0. The smallest absolute Gasteiger partial charge is 0.137 e. The van der Waals surface area contributed by atoms with Crippen LogP contribution in [0.2, 0.25) is 0 Å². The molecular formula is C14H22O. The minimum absolute atomic E-state index is 0.172. The number of ketones is 1. The molecule has 0 aromatic rings. The third-order valence-electron chi connectivity index (χ3n) is 4.83. The fraction of sp³-hybridized carbons (Fsp3) is 0.786. The Kier molecular flexibility index (Phi) is 2.33. The van der Waals surface area contributed by atoms with E-state index in [1.165, 1.54) is 12.8 Å². The molecule has 15 heavy (non-hydrogen) atoms. The lowest BCUT2D eigenvalue weighted by Crippen LogP contribution is -2.42. The Labute approximate surface area is 92.9 Å². The van der Waals surface area contributed by atoms with Crippen molar-refractivity contribution in [1.29, 1.82) is 0 Å². The Morgan fingerprint density at radius 3 is 2.67 bits per heavy atom. The van der Waals surface area contributed by atoms with Crippen LogP contribution in [0.4, 0.5) is 0 Å². The van der Waals surface area contributed by atoms with Gasteiger partial charge in [-0.05, 0) is 29.6 Å². The van der Waals surface area contributed by atoms with E-state index in [-0.39, 0.29) is 10.8 Å². The molecule has 2 unspecified atom stereocenters. The van der Waals surface area contributed by atoms with E-state index in [9.17, 15) is 4.79 Å². The van der Waals surface area contributed by atoms with Crippen molar-refractivity contribution in [1.82, 2.24) is 0 Å². The molecule has 1 saturated carbocycles. The third kappa shape index (κ3) is 1.56. The van der Waals surface area contributed by atoms with E-state index in [0.29, 0.717) is 12.2 Å². The fourth-order valence-electron chi connectivity index (χ4n) is 3.49. The molecule has 0 aromatic carbocycles. The van der Waals surface area contributed by atoms with Crippen LogP contribution >= 0.6 is 0 Å². The summed E-state index contributed by atoms with van der Waals surface area (Å²) in [7, 11) is 0. The van der Waals surface area contributed by atoms with Crippen LogP contribution in [0.1, 0.15) is 53.4 Å². The molecule has 0 amide bonds. The molecule has 84 valence electrons. The van der Waals surface area contributed by atoms with Gasteiger partial charge in [0, 0.05) is 12.8 Å². The van der Waals surface area contributed by atoms with E-state index in [1.54, 1.807) is 5.57 Å². The molecule has 0 aliphatic heterocycles. The zero-order valence-electron chi connectivity index (χ0n) is 10.4. The van der Waals surface area contributed by atoms with Gasteiger partial charge in [-0.25, -0.2) is 0 Å².